The van der Waals surface area contributed by atoms with Crippen LogP contribution < -0.4 is 10.6 Å². The quantitative estimate of drug-likeness (QED) is 0.411. The average molecular weight is 451 g/mol. The average Bonchev–Trinajstić information content (AvgIpc) is 3.21. The van der Waals surface area contributed by atoms with E-state index in [1.807, 2.05) is 35.7 Å². The number of hydrogen-bond donors (Lipinski definition) is 2. The maximum absolute atomic E-state index is 13.6. The highest BCUT2D eigenvalue weighted by Crippen LogP contribution is 2.30. The second-order valence-corrected chi connectivity index (χ2v) is 8.56. The summed E-state index contributed by atoms with van der Waals surface area (Å²) in [5.74, 6) is -5.73. The highest BCUT2D eigenvalue weighted by atomic mass is 32.2. The van der Waals surface area contributed by atoms with Crippen LogP contribution in [0.25, 0.3) is 11.3 Å². The van der Waals surface area contributed by atoms with E-state index >= 15 is 0 Å². The van der Waals surface area contributed by atoms with Gasteiger partial charge in [0.2, 0.25) is 11.8 Å². The van der Waals surface area contributed by atoms with Crippen molar-refractivity contribution in [1.82, 2.24) is 10.3 Å². The molecule has 0 aliphatic carbocycles. The zero-order chi connectivity index (χ0) is 21.7. The number of benzene rings is 2. The van der Waals surface area contributed by atoms with Gasteiger partial charge in [-0.3, -0.25) is 9.59 Å². The van der Waals surface area contributed by atoms with E-state index in [0.717, 1.165) is 17.3 Å². The van der Waals surface area contributed by atoms with E-state index in [-0.39, 0.29) is 0 Å². The van der Waals surface area contributed by atoms with Crippen LogP contribution in [0.15, 0.2) is 52.2 Å². The Morgan fingerprint density at radius 3 is 2.57 bits per heavy atom. The molecule has 156 valence electrons. The fraction of sp³-hybridized carbons (Fsp3) is 0.150. The molecular formula is C20H16F3N3O2S2. The zero-order valence-electron chi connectivity index (χ0n) is 15.6. The van der Waals surface area contributed by atoms with Gasteiger partial charge in [-0.05, 0) is 19.1 Å². The van der Waals surface area contributed by atoms with Crippen LogP contribution in [0, 0.1) is 17.5 Å². The summed E-state index contributed by atoms with van der Waals surface area (Å²) in [6, 6.07) is 11.2. The lowest BCUT2D eigenvalue weighted by Gasteiger charge is -2.11. The minimum Gasteiger partial charge on any atom is -0.346 e. The maximum Gasteiger partial charge on any atom is 0.243 e. The van der Waals surface area contributed by atoms with E-state index in [2.05, 4.69) is 15.6 Å². The lowest BCUT2D eigenvalue weighted by Crippen LogP contribution is -2.37. The SMILES string of the molecule is C[C@@H](Sc1nc(-c2ccccc2)cs1)C(=O)NCC(=O)Nc1ccc(F)c(F)c1F. The van der Waals surface area contributed by atoms with Gasteiger partial charge in [-0.1, -0.05) is 42.1 Å². The number of rotatable bonds is 7. The summed E-state index contributed by atoms with van der Waals surface area (Å²) in [6.45, 7) is 1.21. The molecule has 1 heterocycles. The molecule has 0 unspecified atom stereocenters. The molecule has 2 aromatic carbocycles. The Bertz CT molecular complexity index is 1060. The van der Waals surface area contributed by atoms with Crippen LogP contribution in [0.5, 0.6) is 0 Å². The molecule has 1 atom stereocenters. The Morgan fingerprint density at radius 2 is 1.83 bits per heavy atom. The molecule has 0 spiro atoms. The topological polar surface area (TPSA) is 71.1 Å². The molecule has 0 bridgehead atoms. The molecule has 3 rings (SSSR count). The number of amides is 2. The highest BCUT2D eigenvalue weighted by molar-refractivity contribution is 8.02. The molecule has 0 saturated heterocycles. The third-order valence-corrected chi connectivity index (χ3v) is 6.00. The van der Waals surface area contributed by atoms with Crippen molar-refractivity contribution in [3.63, 3.8) is 0 Å². The summed E-state index contributed by atoms with van der Waals surface area (Å²) in [7, 11) is 0. The molecular weight excluding hydrogens is 435 g/mol. The van der Waals surface area contributed by atoms with Crippen molar-refractivity contribution < 1.29 is 22.8 Å². The number of hydrogen-bond acceptors (Lipinski definition) is 5. The first-order chi connectivity index (χ1) is 14.3. The number of halogens is 3. The van der Waals surface area contributed by atoms with Crippen molar-refractivity contribution in [3.05, 3.63) is 65.3 Å². The van der Waals surface area contributed by atoms with Gasteiger partial charge < -0.3 is 10.6 Å². The highest BCUT2D eigenvalue weighted by Gasteiger charge is 2.19. The number of anilines is 1. The molecule has 2 amide bonds. The molecule has 0 aliphatic rings. The van der Waals surface area contributed by atoms with Crippen LogP contribution in [-0.2, 0) is 9.59 Å². The number of nitrogens with one attached hydrogen (secondary N) is 2. The molecule has 0 aliphatic heterocycles. The molecule has 0 radical (unpaired) electrons. The Balaban J connectivity index is 1.51. The van der Waals surface area contributed by atoms with E-state index in [1.54, 1.807) is 6.92 Å². The number of thioether (sulfide) groups is 1. The summed E-state index contributed by atoms with van der Waals surface area (Å²) < 4.78 is 40.4. The minimum absolute atomic E-state index is 0.419. The molecule has 3 aromatic rings. The van der Waals surface area contributed by atoms with Crippen LogP contribution >= 0.6 is 23.1 Å². The molecule has 30 heavy (non-hydrogen) atoms. The second-order valence-electron chi connectivity index (χ2n) is 6.11. The Hall–Kier alpha value is -2.85. The van der Waals surface area contributed by atoms with Gasteiger partial charge in [0.25, 0.3) is 0 Å². The Labute approximate surface area is 178 Å². The van der Waals surface area contributed by atoms with Crippen LogP contribution in [0.3, 0.4) is 0 Å². The van der Waals surface area contributed by atoms with Crippen LogP contribution in [0.2, 0.25) is 0 Å². The molecule has 0 fully saturated rings. The van der Waals surface area contributed by atoms with Crippen molar-refractivity contribution in [1.29, 1.82) is 0 Å². The monoisotopic (exact) mass is 451 g/mol. The van der Waals surface area contributed by atoms with Crippen molar-refractivity contribution in [2.24, 2.45) is 0 Å². The lowest BCUT2D eigenvalue weighted by molar-refractivity contribution is -0.123. The molecule has 10 heteroatoms. The van der Waals surface area contributed by atoms with Crippen molar-refractivity contribution in [2.45, 2.75) is 16.5 Å². The molecule has 2 N–H and O–H groups in total. The van der Waals surface area contributed by atoms with Gasteiger partial charge in [-0.25, -0.2) is 18.2 Å². The van der Waals surface area contributed by atoms with E-state index in [9.17, 15) is 22.8 Å². The van der Waals surface area contributed by atoms with Gasteiger partial charge in [-0.2, -0.15) is 0 Å². The predicted octanol–water partition coefficient (Wildman–Crippen LogP) is 4.46. The van der Waals surface area contributed by atoms with E-state index in [4.69, 9.17) is 0 Å². The number of carbonyl (C=O) groups is 2. The zero-order valence-corrected chi connectivity index (χ0v) is 17.3. The molecule has 0 saturated carbocycles. The third-order valence-electron chi connectivity index (χ3n) is 3.93. The Kier molecular flexibility index (Phi) is 7.11. The summed E-state index contributed by atoms with van der Waals surface area (Å²) >= 11 is 2.65. The summed E-state index contributed by atoms with van der Waals surface area (Å²) in [5.41, 5.74) is 1.27. The standard InChI is InChI=1S/C20H16F3N3O2S2/c1-11(30-20-26-15(10-29-20)12-5-3-2-4-6-12)19(28)24-9-16(27)25-14-8-7-13(21)17(22)18(14)23/h2-8,10-11H,9H2,1H3,(H,24,28)(H,25,27)/t11-/m1/s1. The van der Waals surface area contributed by atoms with Gasteiger partial charge in [0.15, 0.2) is 21.8 Å². The van der Waals surface area contributed by atoms with Crippen molar-refractivity contribution in [2.75, 3.05) is 11.9 Å². The predicted molar refractivity (Wildman–Crippen MR) is 111 cm³/mol. The number of nitrogens with zero attached hydrogens (tertiary/aromatic N) is 1. The first-order valence-electron chi connectivity index (χ1n) is 8.74. The normalized spacial score (nSPS) is 11.7. The van der Waals surface area contributed by atoms with E-state index in [1.165, 1.54) is 23.1 Å². The van der Waals surface area contributed by atoms with Gasteiger partial charge in [0.1, 0.15) is 0 Å². The lowest BCUT2D eigenvalue weighted by atomic mass is 10.2. The van der Waals surface area contributed by atoms with Gasteiger partial charge in [0, 0.05) is 10.9 Å². The largest absolute Gasteiger partial charge is 0.346 e. The summed E-state index contributed by atoms with van der Waals surface area (Å²) in [5, 5.41) is 5.87. The van der Waals surface area contributed by atoms with E-state index in [0.29, 0.717) is 10.4 Å². The van der Waals surface area contributed by atoms with Gasteiger partial charge in [-0.15, -0.1) is 11.3 Å². The Morgan fingerprint density at radius 1 is 1.10 bits per heavy atom. The minimum atomic E-state index is -1.68. The fourth-order valence-corrected chi connectivity index (χ4v) is 4.38. The smallest absolute Gasteiger partial charge is 0.243 e. The number of carbonyl (C=O) groups excluding carboxylic acids is 2. The van der Waals surface area contributed by atoms with Crippen molar-refractivity contribution >= 4 is 40.6 Å². The van der Waals surface area contributed by atoms with Crippen LogP contribution in [-0.4, -0.2) is 28.6 Å². The number of aromatic nitrogens is 1. The molecule has 5 nitrogen and oxygen atoms in total. The number of thiazole rings is 1. The summed E-state index contributed by atoms with van der Waals surface area (Å²) in [4.78, 5) is 28.6. The fourth-order valence-electron chi connectivity index (χ4n) is 2.39. The maximum atomic E-state index is 13.6. The first kappa shape index (κ1) is 21.8. The second kappa shape index (κ2) is 9.77. The van der Waals surface area contributed by atoms with Crippen LogP contribution in [0.1, 0.15) is 6.92 Å². The van der Waals surface area contributed by atoms with Gasteiger partial charge in [0.05, 0.1) is 23.2 Å². The van der Waals surface area contributed by atoms with Crippen LogP contribution in [0.4, 0.5) is 18.9 Å². The van der Waals surface area contributed by atoms with E-state index < -0.39 is 46.7 Å². The first-order valence-corrected chi connectivity index (χ1v) is 10.5. The summed E-state index contributed by atoms with van der Waals surface area (Å²) in [6.07, 6.45) is 0. The van der Waals surface area contributed by atoms with Gasteiger partial charge >= 0.3 is 0 Å². The third kappa shape index (κ3) is 5.39. The molecule has 1 aromatic heterocycles. The van der Waals surface area contributed by atoms with Crippen molar-refractivity contribution in [3.8, 4) is 11.3 Å².